The normalized spacial score (nSPS) is 15.1. The fourth-order valence-electron chi connectivity index (χ4n) is 3.10. The minimum atomic E-state index is -3.59. The lowest BCUT2D eigenvalue weighted by atomic mass is 10.2. The predicted molar refractivity (Wildman–Crippen MR) is 110 cm³/mol. The van der Waals surface area contributed by atoms with E-state index < -0.39 is 28.5 Å². The molecule has 1 aliphatic heterocycles. The molecule has 1 saturated heterocycles. The van der Waals surface area contributed by atoms with Crippen LogP contribution in [0.5, 0.6) is 0 Å². The average Bonchev–Trinajstić information content (AvgIpc) is 3.05. The van der Waals surface area contributed by atoms with E-state index in [1.165, 1.54) is 27.8 Å². The second-order valence-corrected chi connectivity index (χ2v) is 9.91. The quantitative estimate of drug-likeness (QED) is 0.697. The van der Waals surface area contributed by atoms with Gasteiger partial charge in [0.2, 0.25) is 10.0 Å². The summed E-state index contributed by atoms with van der Waals surface area (Å²) in [6.07, 6.45) is 2.72. The number of carbonyl (C=O) groups excluding carboxylic acids is 2. The Bertz CT molecular complexity index is 1010. The highest BCUT2D eigenvalue weighted by molar-refractivity contribution is 7.89. The summed E-state index contributed by atoms with van der Waals surface area (Å²) in [7, 11) is -3.59. The number of hydrogen-bond donors (Lipinski definition) is 1. The second-order valence-electron chi connectivity index (χ2n) is 6.76. The summed E-state index contributed by atoms with van der Waals surface area (Å²) >= 11 is 1.21. The van der Waals surface area contributed by atoms with Crippen LogP contribution in [0.3, 0.4) is 0 Å². The molecule has 1 aromatic heterocycles. The zero-order chi connectivity index (χ0) is 21.0. The molecule has 1 N–H and O–H groups in total. The first-order chi connectivity index (χ1) is 13.8. The number of piperidine rings is 1. The Labute approximate surface area is 173 Å². The number of nitrogens with zero attached hydrogens (tertiary/aromatic N) is 2. The van der Waals surface area contributed by atoms with Crippen molar-refractivity contribution in [1.29, 1.82) is 0 Å². The van der Waals surface area contributed by atoms with Crippen molar-refractivity contribution in [2.24, 2.45) is 0 Å². The summed E-state index contributed by atoms with van der Waals surface area (Å²) in [4.78, 5) is 28.9. The van der Waals surface area contributed by atoms with Crippen LogP contribution in [0.4, 0.5) is 5.69 Å². The number of ether oxygens (including phenoxy) is 1. The van der Waals surface area contributed by atoms with Crippen LogP contribution in [-0.4, -0.2) is 49.3 Å². The van der Waals surface area contributed by atoms with E-state index in [-0.39, 0.29) is 4.90 Å². The minimum Gasteiger partial charge on any atom is -0.451 e. The van der Waals surface area contributed by atoms with Gasteiger partial charge in [0.25, 0.3) is 5.91 Å². The van der Waals surface area contributed by atoms with Crippen molar-refractivity contribution in [3.8, 4) is 0 Å². The minimum absolute atomic E-state index is 0.130. The first kappa shape index (κ1) is 21.4. The molecular weight excluding hydrogens is 414 g/mol. The molecule has 10 heteroatoms. The number of thiazole rings is 1. The van der Waals surface area contributed by atoms with Gasteiger partial charge >= 0.3 is 5.97 Å². The predicted octanol–water partition coefficient (Wildman–Crippen LogP) is 2.73. The van der Waals surface area contributed by atoms with Gasteiger partial charge in [-0.15, -0.1) is 11.3 Å². The molecule has 0 radical (unpaired) electrons. The van der Waals surface area contributed by atoms with Gasteiger partial charge in [-0.3, -0.25) is 4.79 Å². The molecule has 8 nitrogen and oxygen atoms in total. The molecular formula is C19H23N3O5S2. The van der Waals surface area contributed by atoms with E-state index >= 15 is 0 Å². The number of nitrogens with one attached hydrogen (secondary N) is 1. The summed E-state index contributed by atoms with van der Waals surface area (Å²) in [6.45, 7) is 4.02. The number of carbonyl (C=O) groups is 2. The third-order valence-corrected chi connectivity index (χ3v) is 7.44. The summed E-state index contributed by atoms with van der Waals surface area (Å²) < 4.78 is 32.1. The lowest BCUT2D eigenvalue weighted by Gasteiger charge is -2.26. The van der Waals surface area contributed by atoms with Gasteiger partial charge in [0.1, 0.15) is 4.88 Å². The Morgan fingerprint density at radius 3 is 2.59 bits per heavy atom. The average molecular weight is 438 g/mol. The maximum atomic E-state index is 12.8. The van der Waals surface area contributed by atoms with Crippen molar-refractivity contribution < 1.29 is 22.7 Å². The van der Waals surface area contributed by atoms with Crippen LogP contribution in [0.15, 0.2) is 29.2 Å². The standard InChI is InChI=1S/C19H23N3O5S2/c1-13-18(28-14(2)20-13)19(24)27-12-17(23)21-15-7-6-8-16(11-15)29(25,26)22-9-4-3-5-10-22/h6-8,11H,3-5,9-10,12H2,1-2H3,(H,21,23). The first-order valence-electron chi connectivity index (χ1n) is 9.28. The highest BCUT2D eigenvalue weighted by atomic mass is 32.2. The molecule has 0 aliphatic carbocycles. The molecule has 1 amide bonds. The Morgan fingerprint density at radius 2 is 1.93 bits per heavy atom. The van der Waals surface area contributed by atoms with Crippen LogP contribution < -0.4 is 5.32 Å². The molecule has 1 fully saturated rings. The van der Waals surface area contributed by atoms with Crippen LogP contribution in [0.2, 0.25) is 0 Å². The number of anilines is 1. The fraction of sp³-hybridized carbons (Fsp3) is 0.421. The summed E-state index contributed by atoms with van der Waals surface area (Å²) in [5.41, 5.74) is 0.891. The van der Waals surface area contributed by atoms with Gasteiger partial charge in [0, 0.05) is 18.8 Å². The summed E-state index contributed by atoms with van der Waals surface area (Å²) in [5.74, 6) is -1.16. The van der Waals surface area contributed by atoms with Crippen molar-refractivity contribution in [1.82, 2.24) is 9.29 Å². The number of benzene rings is 1. The SMILES string of the molecule is Cc1nc(C)c(C(=O)OCC(=O)Nc2cccc(S(=O)(=O)N3CCCCC3)c2)s1. The van der Waals surface area contributed by atoms with E-state index in [0.717, 1.165) is 24.3 Å². The Hall–Kier alpha value is -2.30. The lowest BCUT2D eigenvalue weighted by molar-refractivity contribution is -0.119. The zero-order valence-electron chi connectivity index (χ0n) is 16.3. The number of rotatable bonds is 6. The molecule has 2 aromatic rings. The highest BCUT2D eigenvalue weighted by Crippen LogP contribution is 2.23. The zero-order valence-corrected chi connectivity index (χ0v) is 17.9. The van der Waals surface area contributed by atoms with Crippen LogP contribution in [0.25, 0.3) is 0 Å². The third-order valence-electron chi connectivity index (χ3n) is 4.49. The van der Waals surface area contributed by atoms with Gasteiger partial charge in [-0.25, -0.2) is 18.2 Å². The number of hydrogen-bond acceptors (Lipinski definition) is 7. The summed E-state index contributed by atoms with van der Waals surface area (Å²) in [6, 6.07) is 6.09. The van der Waals surface area contributed by atoms with Crippen LogP contribution in [0, 0.1) is 13.8 Å². The third kappa shape index (κ3) is 5.20. The van der Waals surface area contributed by atoms with Gasteiger partial charge in [0.15, 0.2) is 6.61 Å². The van der Waals surface area contributed by atoms with E-state index in [9.17, 15) is 18.0 Å². The van der Waals surface area contributed by atoms with Crippen LogP contribution in [-0.2, 0) is 19.6 Å². The van der Waals surface area contributed by atoms with Crippen molar-refractivity contribution in [2.45, 2.75) is 38.0 Å². The molecule has 0 atom stereocenters. The van der Waals surface area contributed by atoms with Gasteiger partial charge in [-0.2, -0.15) is 4.31 Å². The fourth-order valence-corrected chi connectivity index (χ4v) is 5.48. The number of sulfonamides is 1. The molecule has 1 aliphatic rings. The van der Waals surface area contributed by atoms with Gasteiger partial charge in [-0.1, -0.05) is 12.5 Å². The molecule has 0 saturated carbocycles. The van der Waals surface area contributed by atoms with Crippen molar-refractivity contribution in [3.63, 3.8) is 0 Å². The molecule has 2 heterocycles. The van der Waals surface area contributed by atoms with Crippen LogP contribution in [0.1, 0.15) is 39.6 Å². The smallest absolute Gasteiger partial charge is 0.350 e. The van der Waals surface area contributed by atoms with Crippen LogP contribution >= 0.6 is 11.3 Å². The molecule has 0 unspecified atom stereocenters. The van der Waals surface area contributed by atoms with Crippen molar-refractivity contribution >= 4 is 38.9 Å². The van der Waals surface area contributed by atoms with Gasteiger partial charge in [-0.05, 0) is 44.9 Å². The molecule has 0 bridgehead atoms. The monoisotopic (exact) mass is 437 g/mol. The number of aromatic nitrogens is 1. The maximum Gasteiger partial charge on any atom is 0.350 e. The van der Waals surface area contributed by atoms with E-state index in [0.29, 0.717) is 29.3 Å². The largest absolute Gasteiger partial charge is 0.451 e. The highest BCUT2D eigenvalue weighted by Gasteiger charge is 2.26. The maximum absolute atomic E-state index is 12.8. The summed E-state index contributed by atoms with van der Waals surface area (Å²) in [5, 5.41) is 3.31. The van der Waals surface area contributed by atoms with Crippen molar-refractivity contribution in [2.75, 3.05) is 25.0 Å². The second kappa shape index (κ2) is 9.02. The number of aryl methyl sites for hydroxylation is 2. The lowest BCUT2D eigenvalue weighted by Crippen LogP contribution is -2.35. The molecule has 1 aromatic carbocycles. The van der Waals surface area contributed by atoms with Gasteiger partial charge in [0.05, 0.1) is 15.6 Å². The molecule has 156 valence electrons. The van der Waals surface area contributed by atoms with E-state index in [4.69, 9.17) is 4.74 Å². The molecule has 3 rings (SSSR count). The number of amides is 1. The first-order valence-corrected chi connectivity index (χ1v) is 11.5. The Morgan fingerprint density at radius 1 is 1.21 bits per heavy atom. The van der Waals surface area contributed by atoms with Gasteiger partial charge < -0.3 is 10.1 Å². The van der Waals surface area contributed by atoms with Crippen molar-refractivity contribution in [3.05, 3.63) is 39.8 Å². The van der Waals surface area contributed by atoms with E-state index in [2.05, 4.69) is 10.3 Å². The van der Waals surface area contributed by atoms with E-state index in [1.54, 1.807) is 26.0 Å². The molecule has 0 spiro atoms. The topological polar surface area (TPSA) is 106 Å². The molecule has 29 heavy (non-hydrogen) atoms. The number of esters is 1. The van der Waals surface area contributed by atoms with E-state index in [1.807, 2.05) is 0 Å². The Balaban J connectivity index is 1.61. The Kier molecular flexibility index (Phi) is 6.66.